The SMILES string of the molecule is N[C@@H](CCC(=O)N[C@@H](CS)C(=O)NCC(=O)OCC[P+](c1ccccc1)(c1ccccc1)c1ccccc1)C(=O)OCC[P+](c1ccccc1)(c1ccccc1)c1ccccc1. The summed E-state index contributed by atoms with van der Waals surface area (Å²) in [5, 5.41) is 12.2. The molecule has 12 heteroatoms. The highest BCUT2D eigenvalue weighted by molar-refractivity contribution is 7.96. The van der Waals surface area contributed by atoms with E-state index in [2.05, 4.69) is 96.1 Å². The number of carbonyl (C=O) groups excluding carboxylic acids is 4. The van der Waals surface area contributed by atoms with Gasteiger partial charge in [-0.1, -0.05) is 109 Å². The first-order chi connectivity index (χ1) is 30.3. The van der Waals surface area contributed by atoms with Crippen molar-refractivity contribution in [2.24, 2.45) is 5.73 Å². The summed E-state index contributed by atoms with van der Waals surface area (Å²) in [6.45, 7) is -0.122. The highest BCUT2D eigenvalue weighted by Crippen LogP contribution is 2.56. The van der Waals surface area contributed by atoms with E-state index in [1.807, 2.05) is 109 Å². The molecule has 2 atom stereocenters. The van der Waals surface area contributed by atoms with Crippen molar-refractivity contribution in [1.29, 1.82) is 0 Å². The van der Waals surface area contributed by atoms with E-state index in [0.717, 1.165) is 0 Å². The van der Waals surface area contributed by atoms with Crippen LogP contribution < -0.4 is 48.2 Å². The first-order valence-corrected chi connectivity index (χ1v) is 25.2. The van der Waals surface area contributed by atoms with Crippen molar-refractivity contribution in [2.45, 2.75) is 24.9 Å². The van der Waals surface area contributed by atoms with Gasteiger partial charge in [0, 0.05) is 12.2 Å². The second-order valence-electron chi connectivity index (χ2n) is 14.6. The Morgan fingerprint density at radius 3 is 1.21 bits per heavy atom. The quantitative estimate of drug-likeness (QED) is 0.0468. The Morgan fingerprint density at radius 2 is 0.871 bits per heavy atom. The standard InChI is InChI=1S/C50H51N3O6P2S/c51-45(50(57)59-34-36-61(42-25-13-4-14-26-42,43-27-15-5-16-28-43)44-29-17-6-18-30-44)31-32-47(54)53-46(38-62)49(56)52-37-48(55)58-33-35-60(39-19-7-1-8-20-39,40-21-9-2-10-22-40)41-23-11-3-12-24-41/h1-30,45-46H,31-38,51H2,(H-2,52,53,54,56,62)/p+2/t45-,46-/m0/s1. The average molecular weight is 886 g/mol. The monoisotopic (exact) mass is 885 g/mol. The van der Waals surface area contributed by atoms with Crippen LogP contribution in [0.1, 0.15) is 12.8 Å². The number of thiol groups is 1. The molecule has 0 saturated carbocycles. The zero-order valence-corrected chi connectivity index (χ0v) is 37.2. The minimum absolute atomic E-state index is 0.00727. The summed E-state index contributed by atoms with van der Waals surface area (Å²) in [4.78, 5) is 52.2. The van der Waals surface area contributed by atoms with Crippen LogP contribution in [0.5, 0.6) is 0 Å². The average Bonchev–Trinajstić information content (AvgIpc) is 3.33. The molecule has 62 heavy (non-hydrogen) atoms. The van der Waals surface area contributed by atoms with Gasteiger partial charge < -0.3 is 25.8 Å². The lowest BCUT2D eigenvalue weighted by atomic mass is 10.1. The van der Waals surface area contributed by atoms with Crippen LogP contribution in [0.2, 0.25) is 0 Å². The van der Waals surface area contributed by atoms with Crippen molar-refractivity contribution < 1.29 is 28.7 Å². The lowest BCUT2D eigenvalue weighted by molar-refractivity contribution is -0.145. The van der Waals surface area contributed by atoms with E-state index >= 15 is 0 Å². The molecule has 0 aliphatic heterocycles. The molecule has 0 spiro atoms. The van der Waals surface area contributed by atoms with Gasteiger partial charge in [-0.05, 0) is 79.2 Å². The van der Waals surface area contributed by atoms with Crippen LogP contribution in [-0.2, 0) is 28.7 Å². The highest BCUT2D eigenvalue weighted by atomic mass is 32.1. The molecule has 6 aromatic rings. The van der Waals surface area contributed by atoms with Crippen molar-refractivity contribution in [3.63, 3.8) is 0 Å². The highest BCUT2D eigenvalue weighted by Gasteiger charge is 2.46. The number of rotatable bonds is 21. The minimum atomic E-state index is -2.21. The van der Waals surface area contributed by atoms with E-state index in [1.54, 1.807) is 0 Å². The second-order valence-corrected chi connectivity index (χ2v) is 22.2. The van der Waals surface area contributed by atoms with Gasteiger partial charge in [0.15, 0.2) is 0 Å². The summed E-state index contributed by atoms with van der Waals surface area (Å²) in [7, 11) is -4.43. The predicted molar refractivity (Wildman–Crippen MR) is 258 cm³/mol. The molecular formula is C50H53N3O6P2S+2. The predicted octanol–water partition coefficient (Wildman–Crippen LogP) is 4.70. The number of ether oxygens (including phenoxy) is 2. The molecule has 2 amide bonds. The van der Waals surface area contributed by atoms with Crippen molar-refractivity contribution in [3.05, 3.63) is 182 Å². The van der Waals surface area contributed by atoms with Crippen molar-refractivity contribution >= 4 is 82.7 Å². The molecule has 0 aliphatic carbocycles. The smallest absolute Gasteiger partial charge is 0.325 e. The second kappa shape index (κ2) is 23.0. The molecule has 6 aromatic carbocycles. The third kappa shape index (κ3) is 11.4. The normalized spacial score (nSPS) is 12.4. The number of nitrogens with one attached hydrogen (secondary N) is 2. The molecule has 0 radical (unpaired) electrons. The molecule has 0 aromatic heterocycles. The fourth-order valence-corrected chi connectivity index (χ4v) is 16.1. The summed E-state index contributed by atoms with van der Waals surface area (Å²) < 4.78 is 11.5. The van der Waals surface area contributed by atoms with Crippen molar-refractivity contribution in [2.75, 3.05) is 37.8 Å². The van der Waals surface area contributed by atoms with E-state index in [4.69, 9.17) is 15.2 Å². The molecule has 0 aliphatic rings. The molecule has 4 N–H and O–H groups in total. The van der Waals surface area contributed by atoms with Gasteiger partial charge in [-0.3, -0.25) is 19.2 Å². The summed E-state index contributed by atoms with van der Waals surface area (Å²) in [5.74, 6) is -2.31. The van der Waals surface area contributed by atoms with Crippen LogP contribution in [-0.4, -0.2) is 73.7 Å². The maximum atomic E-state index is 13.1. The number of benzene rings is 6. The Hall–Kier alpha value is -5.63. The van der Waals surface area contributed by atoms with Gasteiger partial charge in [0.25, 0.3) is 0 Å². The topological polar surface area (TPSA) is 137 Å². The van der Waals surface area contributed by atoms with Crippen molar-refractivity contribution in [1.82, 2.24) is 10.6 Å². The van der Waals surface area contributed by atoms with E-state index in [0.29, 0.717) is 12.3 Å². The van der Waals surface area contributed by atoms with E-state index < -0.39 is 50.4 Å². The Kier molecular flexibility index (Phi) is 17.0. The first-order valence-electron chi connectivity index (χ1n) is 20.6. The maximum absolute atomic E-state index is 13.1. The number of carbonyl (C=O) groups is 4. The summed E-state index contributed by atoms with van der Waals surface area (Å²) in [6, 6.07) is 59.6. The number of nitrogens with two attached hydrogens (primary N) is 1. The van der Waals surface area contributed by atoms with Crippen LogP contribution in [0.15, 0.2) is 182 Å². The lowest BCUT2D eigenvalue weighted by Gasteiger charge is -2.27. The lowest BCUT2D eigenvalue weighted by Crippen LogP contribution is -2.49. The Balaban J connectivity index is 0.985. The molecule has 0 saturated heterocycles. The largest absolute Gasteiger partial charge is 0.461 e. The third-order valence-electron chi connectivity index (χ3n) is 10.8. The summed E-state index contributed by atoms with van der Waals surface area (Å²) in [5.41, 5.74) is 6.23. The Bertz CT molecular complexity index is 2140. The van der Waals surface area contributed by atoms with Gasteiger partial charge in [0.1, 0.15) is 90.5 Å². The van der Waals surface area contributed by atoms with Gasteiger partial charge in [-0.25, -0.2) is 0 Å². The van der Waals surface area contributed by atoms with Crippen LogP contribution in [0.3, 0.4) is 0 Å². The molecule has 9 nitrogen and oxygen atoms in total. The van der Waals surface area contributed by atoms with Gasteiger partial charge >= 0.3 is 11.9 Å². The number of hydrogen-bond acceptors (Lipinski definition) is 8. The van der Waals surface area contributed by atoms with Crippen LogP contribution >= 0.6 is 27.2 Å². The summed E-state index contributed by atoms with van der Waals surface area (Å²) in [6.07, 6.45) is 1.01. The van der Waals surface area contributed by atoms with E-state index in [-0.39, 0.29) is 38.4 Å². The summed E-state index contributed by atoms with van der Waals surface area (Å²) >= 11 is 4.26. The fraction of sp³-hybridized carbons (Fsp3) is 0.200. The van der Waals surface area contributed by atoms with Crippen molar-refractivity contribution in [3.8, 4) is 0 Å². The fourth-order valence-electron chi connectivity index (χ4n) is 7.65. The van der Waals surface area contributed by atoms with E-state index in [1.165, 1.54) is 31.8 Å². The van der Waals surface area contributed by atoms with Crippen LogP contribution in [0.4, 0.5) is 0 Å². The maximum Gasteiger partial charge on any atom is 0.325 e. The van der Waals surface area contributed by atoms with Crippen LogP contribution in [0.25, 0.3) is 0 Å². The molecule has 0 fully saturated rings. The molecule has 6 rings (SSSR count). The van der Waals surface area contributed by atoms with E-state index in [9.17, 15) is 19.2 Å². The number of esters is 2. The van der Waals surface area contributed by atoms with Gasteiger partial charge in [-0.2, -0.15) is 12.6 Å². The van der Waals surface area contributed by atoms with Gasteiger partial charge in [-0.15, -0.1) is 0 Å². The van der Waals surface area contributed by atoms with Gasteiger partial charge in [0.05, 0.1) is 0 Å². The zero-order chi connectivity index (χ0) is 43.6. The first kappa shape index (κ1) is 45.9. The third-order valence-corrected chi connectivity index (χ3v) is 19.9. The Labute approximate surface area is 370 Å². The molecule has 0 unspecified atom stereocenters. The van der Waals surface area contributed by atoms with Gasteiger partial charge in [0.2, 0.25) is 11.8 Å². The molecule has 318 valence electrons. The number of amides is 2. The number of hydrogen-bond donors (Lipinski definition) is 4. The molecular weight excluding hydrogens is 833 g/mol. The molecule has 0 heterocycles. The Morgan fingerprint density at radius 1 is 0.532 bits per heavy atom. The van der Waals surface area contributed by atoms with Crippen LogP contribution in [0, 0.1) is 0 Å². The zero-order valence-electron chi connectivity index (χ0n) is 34.5. The minimum Gasteiger partial charge on any atom is -0.461 e. The molecule has 0 bridgehead atoms.